The van der Waals surface area contributed by atoms with Gasteiger partial charge in [0.15, 0.2) is 23.1 Å². The van der Waals surface area contributed by atoms with Gasteiger partial charge < -0.3 is 14.5 Å². The molecular weight excluding hydrogens is 701 g/mol. The van der Waals surface area contributed by atoms with Crippen LogP contribution in [0.2, 0.25) is 0 Å². The van der Waals surface area contributed by atoms with Crippen LogP contribution in [-0.2, 0) is 19.6 Å². The summed E-state index contributed by atoms with van der Waals surface area (Å²) in [7, 11) is -2.88. The maximum Gasteiger partial charge on any atom is 0.311 e. The van der Waals surface area contributed by atoms with Crippen LogP contribution in [0.15, 0.2) is 94.5 Å². The summed E-state index contributed by atoms with van der Waals surface area (Å²) in [6, 6.07) is 19.8. The molecule has 4 heterocycles. The van der Waals surface area contributed by atoms with Crippen molar-refractivity contribution in [2.24, 2.45) is 17.8 Å². The number of aromatic nitrogens is 4. The first-order chi connectivity index (χ1) is 25.6. The number of carbonyl (C=O) groups is 1. The number of nitrogens with zero attached hydrogens (tertiary/aromatic N) is 4. The Morgan fingerprint density at radius 2 is 1.64 bits per heavy atom. The zero-order valence-corrected chi connectivity index (χ0v) is 29.5. The van der Waals surface area contributed by atoms with E-state index in [1.165, 1.54) is 25.4 Å². The van der Waals surface area contributed by atoms with E-state index < -0.39 is 33.6 Å². The highest BCUT2D eigenvalue weighted by atomic mass is 32.2. The van der Waals surface area contributed by atoms with Crippen molar-refractivity contribution in [3.63, 3.8) is 0 Å². The number of hydrogen-bond acceptors (Lipinski definition) is 9. The highest BCUT2D eigenvalue weighted by molar-refractivity contribution is 7.90. The summed E-state index contributed by atoms with van der Waals surface area (Å²) >= 11 is 0. The number of ether oxygens (including phenoxy) is 1. The average Bonchev–Trinajstić information content (AvgIpc) is 3.75. The molecule has 1 N–H and O–H groups in total. The molecule has 3 saturated carbocycles. The summed E-state index contributed by atoms with van der Waals surface area (Å²) in [6.45, 7) is 1.84. The van der Waals surface area contributed by atoms with E-state index in [2.05, 4.69) is 15.3 Å². The Balaban J connectivity index is 1.28. The first kappa shape index (κ1) is 33.2. The average molecular weight is 734 g/mol. The van der Waals surface area contributed by atoms with Gasteiger partial charge in [-0.15, -0.1) is 0 Å². The summed E-state index contributed by atoms with van der Waals surface area (Å²) in [5.41, 5.74) is 2.13. The number of anilines is 1. The van der Waals surface area contributed by atoms with E-state index in [-0.39, 0.29) is 56.6 Å². The van der Waals surface area contributed by atoms with E-state index in [9.17, 15) is 17.6 Å². The molecule has 2 bridgehead atoms. The molecule has 0 saturated heterocycles. The van der Waals surface area contributed by atoms with Crippen molar-refractivity contribution in [1.29, 1.82) is 0 Å². The van der Waals surface area contributed by atoms with Crippen LogP contribution in [0.25, 0.3) is 55.6 Å². The Labute approximate surface area is 302 Å². The largest absolute Gasteiger partial charge is 0.469 e. The Hall–Kier alpha value is -5.69. The zero-order valence-electron chi connectivity index (χ0n) is 28.7. The van der Waals surface area contributed by atoms with Gasteiger partial charge in [-0.3, -0.25) is 4.79 Å². The van der Waals surface area contributed by atoms with Crippen LogP contribution in [0.1, 0.15) is 31.2 Å². The molecule has 268 valence electrons. The molecule has 10 rings (SSSR count). The number of pyridine rings is 1. The summed E-state index contributed by atoms with van der Waals surface area (Å²) in [4.78, 5) is 26.7. The third-order valence-electron chi connectivity index (χ3n) is 10.9. The normalized spacial score (nSPS) is 20.0. The van der Waals surface area contributed by atoms with Crippen LogP contribution in [0, 0.1) is 36.3 Å². The third kappa shape index (κ3) is 5.35. The van der Waals surface area contributed by atoms with Crippen LogP contribution in [-0.4, -0.2) is 46.5 Å². The maximum absolute atomic E-state index is 17.2. The molecule has 2 atom stereocenters. The van der Waals surface area contributed by atoms with Gasteiger partial charge >= 0.3 is 5.97 Å². The highest BCUT2D eigenvalue weighted by Crippen LogP contribution is 2.47. The number of methoxy groups -OCH3 is 1. The number of nitrogens with one attached hydrogen (secondary N) is 1. The number of aryl methyl sites for hydroxylation is 1. The SMILES string of the molecule is COC(=O)C1C2CCC(CC2)C1Nc1nc(-c2cn(S(=O)(=O)c3ccc(C)cc3)c3ncc(F)cc23)nc(-c2cccc3c2oc2ccccc23)c1F. The number of hydrogen-bond donors (Lipinski definition) is 1. The topological polar surface area (TPSA) is 129 Å². The molecule has 3 fully saturated rings. The molecule has 10 nitrogen and oxygen atoms in total. The monoisotopic (exact) mass is 733 g/mol. The lowest BCUT2D eigenvalue weighted by Gasteiger charge is -2.47. The van der Waals surface area contributed by atoms with Crippen molar-refractivity contribution >= 4 is 54.8 Å². The van der Waals surface area contributed by atoms with Gasteiger partial charge in [0, 0.05) is 39.5 Å². The molecule has 13 heteroatoms. The Morgan fingerprint density at radius 3 is 2.42 bits per heavy atom. The van der Waals surface area contributed by atoms with Gasteiger partial charge in [0.2, 0.25) is 0 Å². The first-order valence-electron chi connectivity index (χ1n) is 17.4. The van der Waals surface area contributed by atoms with Crippen LogP contribution in [0.3, 0.4) is 0 Å². The summed E-state index contributed by atoms with van der Waals surface area (Å²) in [5, 5.41) is 4.98. The molecular formula is C40H33F2N5O5S. The van der Waals surface area contributed by atoms with Crippen LogP contribution in [0.4, 0.5) is 14.6 Å². The quantitative estimate of drug-likeness (QED) is 0.161. The van der Waals surface area contributed by atoms with E-state index in [0.29, 0.717) is 16.7 Å². The highest BCUT2D eigenvalue weighted by Gasteiger charge is 2.48. The van der Waals surface area contributed by atoms with Crippen molar-refractivity contribution in [2.75, 3.05) is 12.4 Å². The second-order valence-electron chi connectivity index (χ2n) is 13.9. The standard InChI is InChI=1S/C40H33F2N5O5S/c1-21-10-16-25(17-11-21)53(49,50)47-20-30(29-18-24(41)19-43-39(29)47)37-45-35(28-8-5-7-27-26-6-3-4-9-31(26)52-36(27)28)33(42)38(46-37)44-34-23-14-12-22(13-15-23)32(34)40(48)51-2/h3-11,16-20,22-23,32,34H,12-15H2,1-2H3,(H,44,45,46). The molecule has 3 aliphatic rings. The maximum atomic E-state index is 17.2. The van der Waals surface area contributed by atoms with Crippen molar-refractivity contribution < 1.29 is 31.1 Å². The molecule has 53 heavy (non-hydrogen) atoms. The van der Waals surface area contributed by atoms with Gasteiger partial charge in [0.1, 0.15) is 22.7 Å². The smallest absolute Gasteiger partial charge is 0.311 e. The zero-order chi connectivity index (χ0) is 36.6. The molecule has 7 aromatic rings. The number of furan rings is 1. The number of para-hydroxylation sites is 2. The summed E-state index contributed by atoms with van der Waals surface area (Å²) in [6.07, 6.45) is 5.67. The lowest BCUT2D eigenvalue weighted by molar-refractivity contribution is -0.152. The van der Waals surface area contributed by atoms with Crippen LogP contribution < -0.4 is 5.32 Å². The number of benzene rings is 3. The van der Waals surface area contributed by atoms with E-state index >= 15 is 4.39 Å². The Morgan fingerprint density at radius 1 is 0.906 bits per heavy atom. The third-order valence-corrected chi connectivity index (χ3v) is 12.6. The minimum absolute atomic E-state index is 0.00138. The second kappa shape index (κ2) is 12.5. The van der Waals surface area contributed by atoms with E-state index in [1.807, 2.05) is 37.3 Å². The first-order valence-corrected chi connectivity index (χ1v) is 18.9. The number of esters is 1. The second-order valence-corrected chi connectivity index (χ2v) is 15.7. The van der Waals surface area contributed by atoms with Crippen LogP contribution in [0.5, 0.6) is 0 Å². The van der Waals surface area contributed by atoms with Gasteiger partial charge in [0.05, 0.1) is 24.1 Å². The fourth-order valence-corrected chi connectivity index (χ4v) is 9.63. The predicted octanol–water partition coefficient (Wildman–Crippen LogP) is 8.27. The van der Waals surface area contributed by atoms with Crippen molar-refractivity contribution in [3.8, 4) is 22.6 Å². The van der Waals surface area contributed by atoms with Crippen LogP contribution >= 0.6 is 0 Å². The fourth-order valence-electron chi connectivity index (χ4n) is 8.30. The Kier molecular flexibility index (Phi) is 7.80. The number of rotatable bonds is 7. The van der Waals surface area contributed by atoms with Gasteiger partial charge in [-0.2, -0.15) is 0 Å². The number of carbonyl (C=O) groups excluding carboxylic acids is 1. The van der Waals surface area contributed by atoms with E-state index in [1.54, 1.807) is 24.3 Å². The molecule has 4 aromatic heterocycles. The van der Waals surface area contributed by atoms with Crippen molar-refractivity contribution in [2.45, 2.75) is 43.5 Å². The fraction of sp³-hybridized carbons (Fsp3) is 0.250. The molecule has 0 spiro atoms. The van der Waals surface area contributed by atoms with Crippen molar-refractivity contribution in [3.05, 3.63) is 102 Å². The molecule has 2 unspecified atom stereocenters. The lowest BCUT2D eigenvalue weighted by Crippen LogP contribution is -2.52. The van der Waals surface area contributed by atoms with Gasteiger partial charge in [-0.1, -0.05) is 48.0 Å². The van der Waals surface area contributed by atoms with Gasteiger partial charge in [-0.05, 0) is 74.8 Å². The number of fused-ring (bicyclic) bond motifs is 7. The summed E-state index contributed by atoms with van der Waals surface area (Å²) < 4.78 is 72.6. The van der Waals surface area contributed by atoms with E-state index in [4.69, 9.17) is 14.1 Å². The molecule has 0 radical (unpaired) electrons. The Bertz CT molecular complexity index is 2700. The molecule has 3 aromatic carbocycles. The van der Waals surface area contributed by atoms with Crippen molar-refractivity contribution in [1.82, 2.24) is 18.9 Å². The minimum Gasteiger partial charge on any atom is -0.469 e. The van der Waals surface area contributed by atoms with Gasteiger partial charge in [0.25, 0.3) is 10.0 Å². The van der Waals surface area contributed by atoms with E-state index in [0.717, 1.165) is 58.3 Å². The molecule has 0 amide bonds. The molecule has 0 aliphatic heterocycles. The minimum atomic E-state index is -4.23. The summed E-state index contributed by atoms with van der Waals surface area (Å²) in [5.74, 6) is -2.53. The lowest BCUT2D eigenvalue weighted by atomic mass is 9.61. The van der Waals surface area contributed by atoms with Gasteiger partial charge in [-0.25, -0.2) is 36.1 Å². The predicted molar refractivity (Wildman–Crippen MR) is 196 cm³/mol. The molecule has 3 aliphatic carbocycles. The number of halogens is 2.